The van der Waals surface area contributed by atoms with E-state index in [9.17, 15) is 4.79 Å². The van der Waals surface area contributed by atoms with Crippen molar-refractivity contribution in [3.05, 3.63) is 35.9 Å². The molecule has 2 rings (SSSR count). The normalized spacial score (nSPS) is 20.6. The second kappa shape index (κ2) is 6.37. The van der Waals surface area contributed by atoms with Crippen LogP contribution in [-0.4, -0.2) is 42.1 Å². The lowest BCUT2D eigenvalue weighted by Crippen LogP contribution is -2.55. The summed E-state index contributed by atoms with van der Waals surface area (Å²) in [6, 6.07) is 10.0. The first kappa shape index (κ1) is 15.0. The largest absolute Gasteiger partial charge is 0.459 e. The van der Waals surface area contributed by atoms with Crippen LogP contribution in [0.15, 0.2) is 30.3 Å². The molecule has 1 saturated heterocycles. The predicted molar refractivity (Wildman–Crippen MR) is 79.4 cm³/mol. The van der Waals surface area contributed by atoms with Gasteiger partial charge in [0.1, 0.15) is 11.6 Å². The number of benzene rings is 1. The van der Waals surface area contributed by atoms with Crippen LogP contribution in [0.25, 0.3) is 0 Å². The van der Waals surface area contributed by atoms with Gasteiger partial charge in [0.2, 0.25) is 0 Å². The second-order valence-electron chi connectivity index (χ2n) is 6.21. The van der Waals surface area contributed by atoms with Crippen molar-refractivity contribution in [2.45, 2.75) is 39.0 Å². The molecule has 1 aliphatic rings. The van der Waals surface area contributed by atoms with Crippen LogP contribution in [0.3, 0.4) is 0 Å². The van der Waals surface area contributed by atoms with Crippen molar-refractivity contribution in [1.29, 1.82) is 0 Å². The highest BCUT2D eigenvalue weighted by atomic mass is 16.6. The molecule has 0 aliphatic carbocycles. The molecule has 1 atom stereocenters. The van der Waals surface area contributed by atoms with E-state index in [1.165, 1.54) is 5.56 Å². The Bertz CT molecular complexity index is 440. The second-order valence-corrected chi connectivity index (χ2v) is 6.21. The van der Waals surface area contributed by atoms with Crippen LogP contribution in [0.5, 0.6) is 0 Å². The summed E-state index contributed by atoms with van der Waals surface area (Å²) in [5.41, 5.74) is 0.787. The van der Waals surface area contributed by atoms with Crippen LogP contribution in [0.2, 0.25) is 0 Å². The Labute approximate surface area is 121 Å². The van der Waals surface area contributed by atoms with Crippen molar-refractivity contribution in [3.8, 4) is 0 Å². The van der Waals surface area contributed by atoms with E-state index < -0.39 is 5.60 Å². The van der Waals surface area contributed by atoms with Gasteiger partial charge in [0.25, 0.3) is 0 Å². The highest BCUT2D eigenvalue weighted by Gasteiger charge is 2.32. The molecule has 0 saturated carbocycles. The molecule has 1 N–H and O–H groups in total. The summed E-state index contributed by atoms with van der Waals surface area (Å²) in [6.45, 7) is 8.92. The highest BCUT2D eigenvalue weighted by molar-refractivity contribution is 5.76. The van der Waals surface area contributed by atoms with E-state index >= 15 is 0 Å². The minimum atomic E-state index is -0.438. The molecule has 1 fully saturated rings. The molecule has 0 radical (unpaired) electrons. The maximum atomic E-state index is 12.3. The zero-order chi connectivity index (χ0) is 14.6. The number of nitrogens with one attached hydrogen (secondary N) is 1. The van der Waals surface area contributed by atoms with E-state index in [2.05, 4.69) is 22.3 Å². The third-order valence-electron chi connectivity index (χ3n) is 3.26. The van der Waals surface area contributed by atoms with Crippen LogP contribution >= 0.6 is 0 Å². The Morgan fingerprint density at radius 2 is 2.05 bits per heavy atom. The lowest BCUT2D eigenvalue weighted by Gasteiger charge is -2.36. The van der Waals surface area contributed by atoms with E-state index in [0.717, 1.165) is 19.6 Å². The number of hydrogen-bond donors (Lipinski definition) is 1. The number of carbonyl (C=O) groups is 1. The first-order chi connectivity index (χ1) is 9.46. The van der Waals surface area contributed by atoms with Gasteiger partial charge in [0.05, 0.1) is 0 Å². The van der Waals surface area contributed by atoms with Gasteiger partial charge in [-0.2, -0.15) is 0 Å². The molecular formula is C16H24N2O2. The Morgan fingerprint density at radius 1 is 1.35 bits per heavy atom. The van der Waals surface area contributed by atoms with Crippen LogP contribution in [0.1, 0.15) is 26.3 Å². The Balaban J connectivity index is 2.03. The van der Waals surface area contributed by atoms with Gasteiger partial charge in [-0.1, -0.05) is 30.3 Å². The average molecular weight is 276 g/mol. The number of hydrogen-bond acceptors (Lipinski definition) is 4. The van der Waals surface area contributed by atoms with Gasteiger partial charge in [-0.3, -0.25) is 9.69 Å². The summed E-state index contributed by atoms with van der Waals surface area (Å²) in [5, 5.41) is 3.27. The SMILES string of the molecule is CC(C)(C)OC(=O)C1CNCCN1Cc1ccccc1. The van der Waals surface area contributed by atoms with E-state index in [-0.39, 0.29) is 12.0 Å². The monoisotopic (exact) mass is 276 g/mol. The standard InChI is InChI=1S/C16H24N2O2/c1-16(2,3)20-15(19)14-11-17-9-10-18(14)12-13-7-5-4-6-8-13/h4-8,14,17H,9-12H2,1-3H3. The van der Waals surface area contributed by atoms with Crippen LogP contribution in [-0.2, 0) is 16.1 Å². The first-order valence-corrected chi connectivity index (χ1v) is 7.17. The highest BCUT2D eigenvalue weighted by Crippen LogP contribution is 2.15. The molecule has 20 heavy (non-hydrogen) atoms. The van der Waals surface area contributed by atoms with Gasteiger partial charge in [-0.15, -0.1) is 0 Å². The van der Waals surface area contributed by atoms with Gasteiger partial charge in [0.15, 0.2) is 0 Å². The van der Waals surface area contributed by atoms with E-state index in [4.69, 9.17) is 4.74 Å². The Kier molecular flexibility index (Phi) is 4.78. The molecule has 0 amide bonds. The fourth-order valence-corrected chi connectivity index (χ4v) is 2.36. The fraction of sp³-hybridized carbons (Fsp3) is 0.562. The number of carbonyl (C=O) groups excluding carboxylic acids is 1. The summed E-state index contributed by atoms with van der Waals surface area (Å²) in [6.07, 6.45) is 0. The van der Waals surface area contributed by atoms with E-state index in [1.807, 2.05) is 39.0 Å². The zero-order valence-electron chi connectivity index (χ0n) is 12.6. The quantitative estimate of drug-likeness (QED) is 0.855. The van der Waals surface area contributed by atoms with Gasteiger partial charge in [0, 0.05) is 26.2 Å². The van der Waals surface area contributed by atoms with Crippen LogP contribution in [0.4, 0.5) is 0 Å². The lowest BCUT2D eigenvalue weighted by molar-refractivity contribution is -0.162. The summed E-state index contributed by atoms with van der Waals surface area (Å²) >= 11 is 0. The zero-order valence-corrected chi connectivity index (χ0v) is 12.6. The maximum Gasteiger partial charge on any atom is 0.325 e. The van der Waals surface area contributed by atoms with Crippen molar-refractivity contribution >= 4 is 5.97 Å². The first-order valence-electron chi connectivity index (χ1n) is 7.17. The van der Waals surface area contributed by atoms with Gasteiger partial charge < -0.3 is 10.1 Å². The summed E-state index contributed by atoms with van der Waals surface area (Å²) in [7, 11) is 0. The van der Waals surface area contributed by atoms with Crippen LogP contribution < -0.4 is 5.32 Å². The molecule has 1 aromatic rings. The minimum Gasteiger partial charge on any atom is -0.459 e. The Hall–Kier alpha value is -1.39. The number of piperazine rings is 1. The number of rotatable bonds is 3. The third-order valence-corrected chi connectivity index (χ3v) is 3.26. The Morgan fingerprint density at radius 3 is 2.70 bits per heavy atom. The topological polar surface area (TPSA) is 41.6 Å². The molecular weight excluding hydrogens is 252 g/mol. The molecule has 1 aliphatic heterocycles. The molecule has 1 heterocycles. The number of ether oxygens (including phenoxy) is 1. The van der Waals surface area contributed by atoms with Gasteiger partial charge in [-0.25, -0.2) is 0 Å². The molecule has 4 heteroatoms. The smallest absolute Gasteiger partial charge is 0.325 e. The summed E-state index contributed by atoms with van der Waals surface area (Å²) in [5.74, 6) is -0.138. The summed E-state index contributed by atoms with van der Waals surface area (Å²) < 4.78 is 5.52. The van der Waals surface area contributed by atoms with Crippen molar-refractivity contribution in [2.75, 3.05) is 19.6 Å². The van der Waals surface area contributed by atoms with Crippen molar-refractivity contribution < 1.29 is 9.53 Å². The minimum absolute atomic E-state index is 0.138. The maximum absolute atomic E-state index is 12.3. The van der Waals surface area contributed by atoms with Gasteiger partial charge >= 0.3 is 5.97 Å². The molecule has 0 bridgehead atoms. The van der Waals surface area contributed by atoms with Gasteiger partial charge in [-0.05, 0) is 26.3 Å². The third kappa shape index (κ3) is 4.32. The fourth-order valence-electron chi connectivity index (χ4n) is 2.36. The van der Waals surface area contributed by atoms with Crippen LogP contribution in [0, 0.1) is 0 Å². The van der Waals surface area contributed by atoms with Crippen molar-refractivity contribution in [3.63, 3.8) is 0 Å². The average Bonchev–Trinajstić information content (AvgIpc) is 2.38. The molecule has 0 spiro atoms. The molecule has 1 unspecified atom stereocenters. The molecule has 1 aromatic carbocycles. The lowest BCUT2D eigenvalue weighted by atomic mass is 10.1. The predicted octanol–water partition coefficient (Wildman–Crippen LogP) is 1.80. The molecule has 0 aromatic heterocycles. The van der Waals surface area contributed by atoms with E-state index in [0.29, 0.717) is 6.54 Å². The van der Waals surface area contributed by atoms with Crippen molar-refractivity contribution in [1.82, 2.24) is 10.2 Å². The number of esters is 1. The number of nitrogens with zero attached hydrogens (tertiary/aromatic N) is 1. The molecule has 110 valence electrons. The summed E-state index contributed by atoms with van der Waals surface area (Å²) in [4.78, 5) is 14.5. The molecule has 4 nitrogen and oxygen atoms in total. The van der Waals surface area contributed by atoms with Crippen molar-refractivity contribution in [2.24, 2.45) is 0 Å². The van der Waals surface area contributed by atoms with E-state index in [1.54, 1.807) is 0 Å².